The van der Waals surface area contributed by atoms with Crippen molar-refractivity contribution in [2.75, 3.05) is 0 Å². The predicted octanol–water partition coefficient (Wildman–Crippen LogP) is 1.31. The number of benzene rings is 1. The first-order chi connectivity index (χ1) is 8.60. The third-order valence-electron chi connectivity index (χ3n) is 2.09. The van der Waals surface area contributed by atoms with E-state index in [4.69, 9.17) is 5.26 Å². The van der Waals surface area contributed by atoms with Crippen LogP contribution in [0.4, 0.5) is 10.1 Å². The molecule has 0 spiro atoms. The fraction of sp³-hybridized carbons (Fsp3) is 0.300. The summed E-state index contributed by atoms with van der Waals surface area (Å²) in [6, 6.07) is 4.40. The standard InChI is InChI=1S/C10H10FN3O4S/c1-10(2,6-12)13-19(17,18)8-5-3-4-7(11)9(8)14(15)16/h3-5,13H,1-2H3. The van der Waals surface area contributed by atoms with Gasteiger partial charge in [0.2, 0.25) is 15.8 Å². The zero-order chi connectivity index (χ0) is 14.8. The molecular formula is C10H10FN3O4S. The fourth-order valence-electron chi connectivity index (χ4n) is 1.30. The van der Waals surface area contributed by atoms with Crippen LogP contribution in [-0.2, 0) is 10.0 Å². The van der Waals surface area contributed by atoms with Gasteiger partial charge in [-0.2, -0.15) is 14.4 Å². The van der Waals surface area contributed by atoms with Gasteiger partial charge >= 0.3 is 5.69 Å². The quantitative estimate of drug-likeness (QED) is 0.662. The number of para-hydroxylation sites is 1. The minimum atomic E-state index is -4.38. The number of hydrogen-bond acceptors (Lipinski definition) is 5. The fourth-order valence-corrected chi connectivity index (χ4v) is 2.82. The largest absolute Gasteiger partial charge is 0.324 e. The Kier molecular flexibility index (Phi) is 3.88. The van der Waals surface area contributed by atoms with E-state index < -0.39 is 36.9 Å². The number of nitriles is 1. The molecule has 0 bridgehead atoms. The van der Waals surface area contributed by atoms with E-state index in [1.54, 1.807) is 6.07 Å². The monoisotopic (exact) mass is 287 g/mol. The number of hydrogen-bond donors (Lipinski definition) is 1. The zero-order valence-electron chi connectivity index (χ0n) is 10.0. The first-order valence-corrected chi connectivity index (χ1v) is 6.47. The van der Waals surface area contributed by atoms with Gasteiger partial charge in [0.1, 0.15) is 5.54 Å². The Labute approximate surface area is 108 Å². The van der Waals surface area contributed by atoms with Crippen LogP contribution in [0.1, 0.15) is 13.8 Å². The minimum absolute atomic E-state index is 0.784. The van der Waals surface area contributed by atoms with Crippen LogP contribution in [0.2, 0.25) is 0 Å². The summed E-state index contributed by atoms with van der Waals surface area (Å²) in [4.78, 5) is 8.79. The maximum absolute atomic E-state index is 13.3. The number of nitrogens with zero attached hydrogens (tertiary/aromatic N) is 2. The number of nitrogens with one attached hydrogen (secondary N) is 1. The molecule has 0 radical (unpaired) electrons. The van der Waals surface area contributed by atoms with Gasteiger partial charge in [0, 0.05) is 0 Å². The summed E-state index contributed by atoms with van der Waals surface area (Å²) in [5, 5.41) is 19.5. The molecule has 0 fully saturated rings. The SMILES string of the molecule is CC(C)(C#N)NS(=O)(=O)c1cccc(F)c1[N+](=O)[O-]. The Bertz CT molecular complexity index is 664. The molecular weight excluding hydrogens is 277 g/mol. The molecule has 0 aliphatic carbocycles. The van der Waals surface area contributed by atoms with Crippen molar-refractivity contribution < 1.29 is 17.7 Å². The summed E-state index contributed by atoms with van der Waals surface area (Å²) in [7, 11) is -4.38. The van der Waals surface area contributed by atoms with Gasteiger partial charge < -0.3 is 0 Å². The van der Waals surface area contributed by atoms with Crippen molar-refractivity contribution in [1.82, 2.24) is 4.72 Å². The molecule has 0 heterocycles. The Morgan fingerprint density at radius 2 is 2.05 bits per heavy atom. The van der Waals surface area contributed by atoms with E-state index in [1.807, 2.05) is 4.72 Å². The molecule has 7 nitrogen and oxygen atoms in total. The van der Waals surface area contributed by atoms with Crippen molar-refractivity contribution in [3.05, 3.63) is 34.1 Å². The molecule has 1 aromatic rings. The van der Waals surface area contributed by atoms with E-state index in [0.717, 1.165) is 18.2 Å². The van der Waals surface area contributed by atoms with E-state index in [0.29, 0.717) is 0 Å². The lowest BCUT2D eigenvalue weighted by Gasteiger charge is -2.17. The van der Waals surface area contributed by atoms with Gasteiger partial charge in [-0.15, -0.1) is 0 Å². The van der Waals surface area contributed by atoms with Crippen LogP contribution in [0, 0.1) is 27.3 Å². The molecule has 0 aliphatic heterocycles. The van der Waals surface area contributed by atoms with Crippen LogP contribution >= 0.6 is 0 Å². The Hall–Kier alpha value is -2.05. The smallest absolute Gasteiger partial charge is 0.258 e. The van der Waals surface area contributed by atoms with Gasteiger partial charge in [-0.3, -0.25) is 10.1 Å². The average Bonchev–Trinajstić information content (AvgIpc) is 2.27. The van der Waals surface area contributed by atoms with Crippen LogP contribution in [0.3, 0.4) is 0 Å². The number of halogens is 1. The Morgan fingerprint density at radius 1 is 1.47 bits per heavy atom. The molecule has 9 heteroatoms. The molecule has 1 aromatic carbocycles. The Balaban J connectivity index is 3.43. The third-order valence-corrected chi connectivity index (χ3v) is 3.78. The van der Waals surface area contributed by atoms with Crippen molar-refractivity contribution in [3.8, 4) is 6.07 Å². The highest BCUT2D eigenvalue weighted by Crippen LogP contribution is 2.27. The lowest BCUT2D eigenvalue weighted by Crippen LogP contribution is -2.42. The summed E-state index contributed by atoms with van der Waals surface area (Å²) in [6.07, 6.45) is 0. The van der Waals surface area contributed by atoms with E-state index in [2.05, 4.69) is 0 Å². The van der Waals surface area contributed by atoms with Gasteiger partial charge in [-0.25, -0.2) is 8.42 Å². The van der Waals surface area contributed by atoms with E-state index >= 15 is 0 Å². The number of rotatable bonds is 4. The molecule has 0 atom stereocenters. The molecule has 0 aromatic heterocycles. The normalized spacial score (nSPS) is 11.9. The minimum Gasteiger partial charge on any atom is -0.258 e. The first kappa shape index (κ1) is 15.0. The van der Waals surface area contributed by atoms with Crippen molar-refractivity contribution in [1.29, 1.82) is 5.26 Å². The van der Waals surface area contributed by atoms with E-state index in [-0.39, 0.29) is 0 Å². The maximum atomic E-state index is 13.3. The second-order valence-corrected chi connectivity index (χ2v) is 5.84. The average molecular weight is 287 g/mol. The molecule has 1 N–H and O–H groups in total. The second-order valence-electron chi connectivity index (χ2n) is 4.19. The number of nitro groups is 1. The highest BCUT2D eigenvalue weighted by atomic mass is 32.2. The maximum Gasteiger partial charge on any atom is 0.324 e. The predicted molar refractivity (Wildman–Crippen MR) is 63.1 cm³/mol. The molecule has 0 amide bonds. The van der Waals surface area contributed by atoms with Crippen molar-refractivity contribution in [2.24, 2.45) is 0 Å². The lowest BCUT2D eigenvalue weighted by atomic mass is 10.1. The summed E-state index contributed by atoms with van der Waals surface area (Å²) in [5.41, 5.74) is -2.62. The highest BCUT2D eigenvalue weighted by molar-refractivity contribution is 7.89. The van der Waals surface area contributed by atoms with Crippen molar-refractivity contribution in [2.45, 2.75) is 24.3 Å². The summed E-state index contributed by atoms with van der Waals surface area (Å²) >= 11 is 0. The zero-order valence-corrected chi connectivity index (χ0v) is 10.9. The van der Waals surface area contributed by atoms with Gasteiger partial charge in [0.15, 0.2) is 4.90 Å². The van der Waals surface area contributed by atoms with Gasteiger partial charge in [0.05, 0.1) is 11.0 Å². The summed E-state index contributed by atoms with van der Waals surface area (Å²) in [5.74, 6) is -1.26. The second kappa shape index (κ2) is 4.91. The molecule has 0 aliphatic rings. The first-order valence-electron chi connectivity index (χ1n) is 4.99. The molecule has 0 saturated carbocycles. The Morgan fingerprint density at radius 3 is 2.53 bits per heavy atom. The van der Waals surface area contributed by atoms with Crippen molar-refractivity contribution >= 4 is 15.7 Å². The van der Waals surface area contributed by atoms with Gasteiger partial charge in [-0.1, -0.05) is 6.07 Å². The van der Waals surface area contributed by atoms with Crippen LogP contribution in [0.5, 0.6) is 0 Å². The van der Waals surface area contributed by atoms with Crippen LogP contribution < -0.4 is 4.72 Å². The van der Waals surface area contributed by atoms with Gasteiger partial charge in [0.25, 0.3) is 0 Å². The van der Waals surface area contributed by atoms with E-state index in [1.165, 1.54) is 13.8 Å². The van der Waals surface area contributed by atoms with Crippen LogP contribution in [0.25, 0.3) is 0 Å². The highest BCUT2D eigenvalue weighted by Gasteiger charge is 2.33. The number of sulfonamides is 1. The number of nitro benzene ring substituents is 1. The molecule has 1 rings (SSSR count). The summed E-state index contributed by atoms with van der Waals surface area (Å²) in [6.45, 7) is 2.55. The lowest BCUT2D eigenvalue weighted by molar-refractivity contribution is -0.390. The van der Waals surface area contributed by atoms with E-state index in [9.17, 15) is 22.9 Å². The molecule has 102 valence electrons. The van der Waals surface area contributed by atoms with Gasteiger partial charge in [-0.05, 0) is 26.0 Å². The molecule has 0 saturated heterocycles. The molecule has 0 unspecified atom stereocenters. The summed E-state index contributed by atoms with van der Waals surface area (Å²) < 4.78 is 39.2. The third kappa shape index (κ3) is 3.24. The van der Waals surface area contributed by atoms with Crippen LogP contribution in [0.15, 0.2) is 23.1 Å². The topological polar surface area (TPSA) is 113 Å². The van der Waals surface area contributed by atoms with Crippen molar-refractivity contribution in [3.63, 3.8) is 0 Å². The molecule has 19 heavy (non-hydrogen) atoms. The van der Waals surface area contributed by atoms with Crippen LogP contribution in [-0.4, -0.2) is 18.9 Å².